The summed E-state index contributed by atoms with van der Waals surface area (Å²) in [5.74, 6) is -0.932. The van der Waals surface area contributed by atoms with E-state index in [0.29, 0.717) is 24.6 Å². The van der Waals surface area contributed by atoms with E-state index in [1.807, 2.05) is 0 Å². The summed E-state index contributed by atoms with van der Waals surface area (Å²) in [5, 5.41) is 7.50. The molecule has 30 heavy (non-hydrogen) atoms. The van der Waals surface area contributed by atoms with Gasteiger partial charge in [0.2, 0.25) is 5.91 Å². The molecule has 2 aromatic rings. The van der Waals surface area contributed by atoms with E-state index in [1.165, 1.54) is 4.68 Å². The Kier molecular flexibility index (Phi) is 5.71. The number of aromatic nitrogens is 2. The Morgan fingerprint density at radius 2 is 2.10 bits per heavy atom. The van der Waals surface area contributed by atoms with Crippen molar-refractivity contribution in [2.24, 2.45) is 5.92 Å². The molecule has 0 spiro atoms. The number of fused-ring (bicyclic) bond motifs is 1. The Balaban J connectivity index is 1.46. The van der Waals surface area contributed by atoms with Crippen molar-refractivity contribution in [1.82, 2.24) is 14.7 Å². The third-order valence-electron chi connectivity index (χ3n) is 6.02. The Hall–Kier alpha value is -2.58. The van der Waals surface area contributed by atoms with Crippen molar-refractivity contribution in [1.29, 1.82) is 0 Å². The highest BCUT2D eigenvalue weighted by Gasteiger charge is 2.38. The first-order valence-electron chi connectivity index (χ1n) is 10.1. The van der Waals surface area contributed by atoms with Crippen LogP contribution in [0.1, 0.15) is 36.6 Å². The highest BCUT2D eigenvalue weighted by molar-refractivity contribution is 5.79. The minimum atomic E-state index is -2.54. The van der Waals surface area contributed by atoms with Crippen LogP contribution < -0.4 is 5.32 Å². The first-order valence-corrected chi connectivity index (χ1v) is 10.1. The van der Waals surface area contributed by atoms with Crippen molar-refractivity contribution < 1.29 is 22.4 Å². The number of likely N-dealkylation sites (tertiary alicyclic amines) is 1. The summed E-state index contributed by atoms with van der Waals surface area (Å²) >= 11 is 0. The lowest BCUT2D eigenvalue weighted by Gasteiger charge is -2.41. The van der Waals surface area contributed by atoms with Crippen LogP contribution in [0, 0.1) is 24.5 Å². The van der Waals surface area contributed by atoms with E-state index in [-0.39, 0.29) is 36.3 Å². The molecule has 1 fully saturated rings. The molecule has 1 saturated heterocycles. The predicted octanol–water partition coefficient (Wildman–Crippen LogP) is 3.94. The Morgan fingerprint density at radius 1 is 1.30 bits per heavy atom. The second-order valence-electron chi connectivity index (χ2n) is 8.16. The second-order valence-corrected chi connectivity index (χ2v) is 8.16. The molecule has 0 bridgehead atoms. The van der Waals surface area contributed by atoms with Gasteiger partial charge in [-0.2, -0.15) is 5.10 Å². The molecule has 1 aromatic carbocycles. The summed E-state index contributed by atoms with van der Waals surface area (Å²) in [5.41, 5.74) is 0.691. The molecule has 3 atom stereocenters. The number of benzene rings is 1. The minimum absolute atomic E-state index is 0.00902. The van der Waals surface area contributed by atoms with Crippen molar-refractivity contribution in [2.75, 3.05) is 18.4 Å². The van der Waals surface area contributed by atoms with Crippen molar-refractivity contribution in [3.8, 4) is 0 Å². The summed E-state index contributed by atoms with van der Waals surface area (Å²) in [7, 11) is 0. The van der Waals surface area contributed by atoms with E-state index in [2.05, 4.69) is 10.4 Å². The first kappa shape index (κ1) is 20.7. The average molecular weight is 424 g/mol. The number of nitrogens with zero attached hydrogens (tertiary/aromatic N) is 3. The van der Waals surface area contributed by atoms with Gasteiger partial charge < -0.3 is 10.2 Å². The maximum absolute atomic E-state index is 13.9. The summed E-state index contributed by atoms with van der Waals surface area (Å²) in [4.78, 5) is 14.3. The van der Waals surface area contributed by atoms with Crippen LogP contribution in [0.2, 0.25) is 0 Å². The SMILES string of the molecule is Cc1cc2n(n1)[C@@H](C(F)F)C[C@@H]([C@H]1CCCN(C(=O)Cc3cc(F)ccc3F)C1)N2. The number of halogens is 4. The number of piperidine rings is 1. The molecule has 1 N–H and O–H groups in total. The smallest absolute Gasteiger partial charge is 0.260 e. The normalized spacial score (nSPS) is 23.9. The summed E-state index contributed by atoms with van der Waals surface area (Å²) in [6.07, 6.45) is -1.00. The van der Waals surface area contributed by atoms with Gasteiger partial charge in [0.1, 0.15) is 23.5 Å². The van der Waals surface area contributed by atoms with Crippen LogP contribution in [0.5, 0.6) is 0 Å². The second kappa shape index (κ2) is 8.28. The van der Waals surface area contributed by atoms with Gasteiger partial charge in [0, 0.05) is 30.8 Å². The molecule has 3 heterocycles. The van der Waals surface area contributed by atoms with Crippen molar-refractivity contribution in [3.63, 3.8) is 0 Å². The molecule has 2 aliphatic rings. The van der Waals surface area contributed by atoms with Gasteiger partial charge in [0.15, 0.2) is 0 Å². The molecule has 9 heteroatoms. The first-order chi connectivity index (χ1) is 14.3. The quantitative estimate of drug-likeness (QED) is 0.757. The number of amides is 1. The Labute approximate surface area is 172 Å². The average Bonchev–Trinajstić information content (AvgIpc) is 3.09. The molecule has 162 valence electrons. The highest BCUT2D eigenvalue weighted by atomic mass is 19.3. The maximum atomic E-state index is 13.9. The van der Waals surface area contributed by atoms with E-state index >= 15 is 0 Å². The summed E-state index contributed by atoms with van der Waals surface area (Å²) < 4.78 is 56.0. The lowest BCUT2D eigenvalue weighted by Crippen LogP contribution is -2.48. The monoisotopic (exact) mass is 424 g/mol. The van der Waals surface area contributed by atoms with E-state index in [4.69, 9.17) is 0 Å². The standard InChI is InChI=1S/C21H24F4N4O/c1-12-7-19-26-17(10-18(21(24)25)29(19)27-12)13-3-2-6-28(11-13)20(30)9-14-8-15(22)4-5-16(14)23/h4-5,7-8,13,17-18,21,26H,2-3,6,9-11H2,1H3/t13-,17-,18+/m0/s1. The van der Waals surface area contributed by atoms with Crippen LogP contribution in [0.25, 0.3) is 0 Å². The zero-order valence-electron chi connectivity index (χ0n) is 16.6. The van der Waals surface area contributed by atoms with Gasteiger partial charge in [-0.25, -0.2) is 22.2 Å². The minimum Gasteiger partial charge on any atom is -0.367 e. The third-order valence-corrected chi connectivity index (χ3v) is 6.02. The van der Waals surface area contributed by atoms with Gasteiger partial charge >= 0.3 is 0 Å². The molecule has 1 aromatic heterocycles. The van der Waals surface area contributed by atoms with Crippen LogP contribution in [0.3, 0.4) is 0 Å². The van der Waals surface area contributed by atoms with Crippen LogP contribution in [0.4, 0.5) is 23.4 Å². The number of rotatable bonds is 4. The van der Waals surface area contributed by atoms with Gasteiger partial charge in [0.05, 0.1) is 12.1 Å². The molecule has 0 aliphatic carbocycles. The fourth-order valence-corrected chi connectivity index (χ4v) is 4.52. The molecule has 0 radical (unpaired) electrons. The molecule has 0 unspecified atom stereocenters. The lowest BCUT2D eigenvalue weighted by atomic mass is 9.85. The molecule has 0 saturated carbocycles. The van der Waals surface area contributed by atoms with Crippen LogP contribution in [0.15, 0.2) is 24.3 Å². The third kappa shape index (κ3) is 4.15. The van der Waals surface area contributed by atoms with Gasteiger partial charge in [0.25, 0.3) is 6.43 Å². The number of nitrogens with one attached hydrogen (secondary N) is 1. The largest absolute Gasteiger partial charge is 0.367 e. The Morgan fingerprint density at radius 3 is 2.87 bits per heavy atom. The molecular formula is C21H24F4N4O. The number of carbonyl (C=O) groups excluding carboxylic acids is 1. The molecule has 4 rings (SSSR count). The molecular weight excluding hydrogens is 400 g/mol. The fourth-order valence-electron chi connectivity index (χ4n) is 4.52. The lowest BCUT2D eigenvalue weighted by molar-refractivity contribution is -0.132. The van der Waals surface area contributed by atoms with Crippen LogP contribution >= 0.6 is 0 Å². The van der Waals surface area contributed by atoms with Gasteiger partial charge in [-0.15, -0.1) is 0 Å². The van der Waals surface area contributed by atoms with E-state index in [0.717, 1.165) is 31.0 Å². The zero-order chi connectivity index (χ0) is 21.4. The molecule has 5 nitrogen and oxygen atoms in total. The topological polar surface area (TPSA) is 50.2 Å². The van der Waals surface area contributed by atoms with Crippen molar-refractivity contribution >= 4 is 11.7 Å². The van der Waals surface area contributed by atoms with E-state index in [1.54, 1.807) is 17.9 Å². The van der Waals surface area contributed by atoms with Crippen LogP contribution in [-0.4, -0.2) is 46.1 Å². The number of hydrogen-bond donors (Lipinski definition) is 1. The van der Waals surface area contributed by atoms with Crippen molar-refractivity contribution in [2.45, 2.75) is 51.1 Å². The molecule has 2 aliphatic heterocycles. The van der Waals surface area contributed by atoms with E-state index in [9.17, 15) is 22.4 Å². The summed E-state index contributed by atoms with van der Waals surface area (Å²) in [6, 6.07) is 3.59. The zero-order valence-corrected chi connectivity index (χ0v) is 16.6. The maximum Gasteiger partial charge on any atom is 0.260 e. The number of hydrogen-bond acceptors (Lipinski definition) is 3. The van der Waals surface area contributed by atoms with Gasteiger partial charge in [-0.3, -0.25) is 4.79 Å². The molecule has 1 amide bonds. The van der Waals surface area contributed by atoms with Crippen molar-refractivity contribution in [3.05, 3.63) is 47.2 Å². The van der Waals surface area contributed by atoms with E-state index < -0.39 is 24.1 Å². The highest BCUT2D eigenvalue weighted by Crippen LogP contribution is 2.36. The Bertz CT molecular complexity index is 932. The fraction of sp³-hybridized carbons (Fsp3) is 0.524. The summed E-state index contributed by atoms with van der Waals surface area (Å²) in [6.45, 7) is 2.68. The number of aryl methyl sites for hydroxylation is 1. The number of anilines is 1. The van der Waals surface area contributed by atoms with Gasteiger partial charge in [-0.05, 0) is 50.3 Å². The number of carbonyl (C=O) groups is 1. The van der Waals surface area contributed by atoms with Crippen LogP contribution in [-0.2, 0) is 11.2 Å². The predicted molar refractivity (Wildman–Crippen MR) is 103 cm³/mol. The number of alkyl halides is 2. The van der Waals surface area contributed by atoms with Gasteiger partial charge in [-0.1, -0.05) is 0 Å².